The maximum Gasteiger partial charge on any atom is 0.0167 e. The summed E-state index contributed by atoms with van der Waals surface area (Å²) in [4.78, 5) is 2.61. The average molecular weight is 168 g/mol. The van der Waals surface area contributed by atoms with Crippen LogP contribution in [0, 0.1) is 5.92 Å². The number of hydrogen-bond donors (Lipinski definition) is 1. The van der Waals surface area contributed by atoms with E-state index in [2.05, 4.69) is 17.1 Å². The summed E-state index contributed by atoms with van der Waals surface area (Å²) in [6, 6.07) is 0.706. The van der Waals surface area contributed by atoms with Crippen LogP contribution >= 0.6 is 0 Å². The molecule has 2 rings (SSSR count). The first-order chi connectivity index (χ1) is 5.84. The lowest BCUT2D eigenvalue weighted by Crippen LogP contribution is -2.49. The molecule has 1 aliphatic carbocycles. The van der Waals surface area contributed by atoms with Gasteiger partial charge in [0.05, 0.1) is 0 Å². The number of nitrogens with one attached hydrogen (secondary N) is 1. The summed E-state index contributed by atoms with van der Waals surface area (Å²) in [6.07, 6.45) is 4.45. The van der Waals surface area contributed by atoms with Gasteiger partial charge in [-0.15, -0.1) is 0 Å². The Bertz CT molecular complexity index is 143. The fourth-order valence-corrected chi connectivity index (χ4v) is 1.99. The molecule has 1 saturated heterocycles. The lowest BCUT2D eigenvalue weighted by Gasteiger charge is -2.31. The Hall–Kier alpha value is -0.0800. The minimum absolute atomic E-state index is 0.706. The van der Waals surface area contributed by atoms with Gasteiger partial charge in [-0.2, -0.15) is 0 Å². The zero-order valence-corrected chi connectivity index (χ0v) is 8.05. The fourth-order valence-electron chi connectivity index (χ4n) is 1.99. The summed E-state index contributed by atoms with van der Waals surface area (Å²) in [5.41, 5.74) is 0. The minimum atomic E-state index is 0.706. The predicted octanol–water partition coefficient (Wildman–Crippen LogP) is 1.08. The molecule has 0 aromatic heterocycles. The van der Waals surface area contributed by atoms with Crippen molar-refractivity contribution >= 4 is 0 Å². The monoisotopic (exact) mass is 168 g/mol. The highest BCUT2D eigenvalue weighted by molar-refractivity contribution is 4.78. The predicted molar refractivity (Wildman–Crippen MR) is 51.2 cm³/mol. The lowest BCUT2D eigenvalue weighted by molar-refractivity contribution is 0.202. The zero-order valence-electron chi connectivity index (χ0n) is 8.05. The molecule has 0 aromatic carbocycles. The molecule has 0 aromatic rings. The van der Waals surface area contributed by atoms with E-state index in [1.807, 2.05) is 0 Å². The van der Waals surface area contributed by atoms with Crippen molar-refractivity contribution in [3.8, 4) is 0 Å². The third-order valence-corrected chi connectivity index (χ3v) is 3.00. The maximum atomic E-state index is 3.47. The summed E-state index contributed by atoms with van der Waals surface area (Å²) in [5.74, 6) is 1.09. The van der Waals surface area contributed by atoms with Crippen molar-refractivity contribution in [2.45, 2.75) is 32.2 Å². The molecule has 2 aliphatic rings. The van der Waals surface area contributed by atoms with Crippen LogP contribution in [-0.4, -0.2) is 37.1 Å². The normalized spacial score (nSPS) is 32.2. The SMILES string of the molecule is C[C@@H]1CN(CCC2CC2)CCN1. The van der Waals surface area contributed by atoms with Crippen LogP contribution in [0.1, 0.15) is 26.2 Å². The highest BCUT2D eigenvalue weighted by Crippen LogP contribution is 2.32. The van der Waals surface area contributed by atoms with E-state index < -0.39 is 0 Å². The number of rotatable bonds is 3. The molecule has 2 nitrogen and oxygen atoms in total. The quantitative estimate of drug-likeness (QED) is 0.678. The Kier molecular flexibility index (Phi) is 2.66. The average Bonchev–Trinajstić information content (AvgIpc) is 2.84. The minimum Gasteiger partial charge on any atom is -0.312 e. The van der Waals surface area contributed by atoms with Crippen molar-refractivity contribution in [1.82, 2.24) is 10.2 Å². The third kappa shape index (κ3) is 2.46. The zero-order chi connectivity index (χ0) is 8.39. The summed E-state index contributed by atoms with van der Waals surface area (Å²) in [7, 11) is 0. The largest absolute Gasteiger partial charge is 0.312 e. The van der Waals surface area contributed by atoms with Gasteiger partial charge in [-0.05, 0) is 25.8 Å². The molecular formula is C10H20N2. The van der Waals surface area contributed by atoms with Crippen LogP contribution in [-0.2, 0) is 0 Å². The number of piperazine rings is 1. The van der Waals surface area contributed by atoms with Crippen LogP contribution in [0.4, 0.5) is 0 Å². The molecule has 0 radical (unpaired) electrons. The van der Waals surface area contributed by atoms with Crippen LogP contribution in [0.5, 0.6) is 0 Å². The van der Waals surface area contributed by atoms with Gasteiger partial charge in [0.25, 0.3) is 0 Å². The Morgan fingerprint density at radius 1 is 1.42 bits per heavy atom. The van der Waals surface area contributed by atoms with Crippen molar-refractivity contribution in [3.63, 3.8) is 0 Å². The molecule has 70 valence electrons. The molecule has 1 saturated carbocycles. The molecule has 1 aliphatic heterocycles. The Morgan fingerprint density at radius 3 is 2.92 bits per heavy atom. The van der Waals surface area contributed by atoms with Crippen molar-refractivity contribution in [2.24, 2.45) is 5.92 Å². The van der Waals surface area contributed by atoms with Crippen LogP contribution in [0.15, 0.2) is 0 Å². The molecule has 0 spiro atoms. The standard InChI is InChI=1S/C10H20N2/c1-9-8-12(7-5-11-9)6-4-10-2-3-10/h9-11H,2-8H2,1H3/t9-/m1/s1. The second-order valence-corrected chi connectivity index (χ2v) is 4.39. The van der Waals surface area contributed by atoms with Gasteiger partial charge in [0.2, 0.25) is 0 Å². The van der Waals surface area contributed by atoms with Gasteiger partial charge >= 0.3 is 0 Å². The Morgan fingerprint density at radius 2 is 2.25 bits per heavy atom. The first-order valence-electron chi connectivity index (χ1n) is 5.30. The number of nitrogens with zero attached hydrogens (tertiary/aromatic N) is 1. The fraction of sp³-hybridized carbons (Fsp3) is 1.00. The van der Waals surface area contributed by atoms with E-state index >= 15 is 0 Å². The summed E-state index contributed by atoms with van der Waals surface area (Å²) in [6.45, 7) is 7.33. The van der Waals surface area contributed by atoms with Crippen LogP contribution in [0.25, 0.3) is 0 Å². The van der Waals surface area contributed by atoms with Gasteiger partial charge in [-0.1, -0.05) is 12.8 Å². The van der Waals surface area contributed by atoms with Gasteiger partial charge < -0.3 is 10.2 Å². The van der Waals surface area contributed by atoms with E-state index in [-0.39, 0.29) is 0 Å². The Labute approximate surface area is 75.3 Å². The highest BCUT2D eigenvalue weighted by atomic mass is 15.2. The second-order valence-electron chi connectivity index (χ2n) is 4.39. The number of hydrogen-bond acceptors (Lipinski definition) is 2. The maximum absolute atomic E-state index is 3.47. The molecule has 0 unspecified atom stereocenters. The van der Waals surface area contributed by atoms with Crippen molar-refractivity contribution in [2.75, 3.05) is 26.2 Å². The molecule has 1 atom stereocenters. The van der Waals surface area contributed by atoms with Crippen LogP contribution in [0.3, 0.4) is 0 Å². The molecule has 12 heavy (non-hydrogen) atoms. The topological polar surface area (TPSA) is 15.3 Å². The van der Waals surface area contributed by atoms with Crippen LogP contribution < -0.4 is 5.32 Å². The smallest absolute Gasteiger partial charge is 0.0167 e. The highest BCUT2D eigenvalue weighted by Gasteiger charge is 2.23. The van der Waals surface area contributed by atoms with Gasteiger partial charge in [-0.3, -0.25) is 0 Å². The van der Waals surface area contributed by atoms with Gasteiger partial charge in [0, 0.05) is 25.7 Å². The summed E-state index contributed by atoms with van der Waals surface area (Å²) < 4.78 is 0. The molecule has 2 heteroatoms. The van der Waals surface area contributed by atoms with E-state index in [1.165, 1.54) is 45.4 Å². The van der Waals surface area contributed by atoms with Gasteiger partial charge in [0.15, 0.2) is 0 Å². The van der Waals surface area contributed by atoms with Crippen molar-refractivity contribution in [3.05, 3.63) is 0 Å². The van der Waals surface area contributed by atoms with Gasteiger partial charge in [-0.25, -0.2) is 0 Å². The van der Waals surface area contributed by atoms with Crippen LogP contribution in [0.2, 0.25) is 0 Å². The molecule has 1 heterocycles. The first kappa shape index (κ1) is 8.52. The van der Waals surface area contributed by atoms with Crippen molar-refractivity contribution < 1.29 is 0 Å². The summed E-state index contributed by atoms with van der Waals surface area (Å²) in [5, 5.41) is 3.47. The molecule has 2 fully saturated rings. The van der Waals surface area contributed by atoms with Crippen molar-refractivity contribution in [1.29, 1.82) is 0 Å². The molecule has 0 amide bonds. The lowest BCUT2D eigenvalue weighted by atomic mass is 10.2. The second kappa shape index (κ2) is 3.75. The van der Waals surface area contributed by atoms with E-state index in [1.54, 1.807) is 0 Å². The molecule has 1 N–H and O–H groups in total. The van der Waals surface area contributed by atoms with E-state index in [0.29, 0.717) is 6.04 Å². The van der Waals surface area contributed by atoms with Gasteiger partial charge in [0.1, 0.15) is 0 Å². The molecular weight excluding hydrogens is 148 g/mol. The first-order valence-corrected chi connectivity index (χ1v) is 5.30. The van der Waals surface area contributed by atoms with E-state index in [0.717, 1.165) is 5.92 Å². The Balaban J connectivity index is 1.64. The molecule has 0 bridgehead atoms. The van der Waals surface area contributed by atoms with E-state index in [9.17, 15) is 0 Å². The summed E-state index contributed by atoms with van der Waals surface area (Å²) >= 11 is 0. The van der Waals surface area contributed by atoms with E-state index in [4.69, 9.17) is 0 Å². The third-order valence-electron chi connectivity index (χ3n) is 3.00.